The second-order valence-electron chi connectivity index (χ2n) is 7.32. The van der Waals surface area contributed by atoms with Crippen molar-refractivity contribution in [2.45, 2.75) is 20.4 Å². The van der Waals surface area contributed by atoms with Gasteiger partial charge >= 0.3 is 5.97 Å². The number of hydrogen-bond acceptors (Lipinski definition) is 5. The minimum Gasteiger partial charge on any atom is -0.462 e. The van der Waals surface area contributed by atoms with Gasteiger partial charge in [-0.3, -0.25) is 9.59 Å². The zero-order valence-corrected chi connectivity index (χ0v) is 18.6. The summed E-state index contributed by atoms with van der Waals surface area (Å²) in [5.74, 6) is -0.896. The van der Waals surface area contributed by atoms with Gasteiger partial charge in [-0.1, -0.05) is 48.0 Å². The van der Waals surface area contributed by atoms with E-state index in [2.05, 4.69) is 5.32 Å². The monoisotopic (exact) mass is 446 g/mol. The Balaban J connectivity index is 1.63. The summed E-state index contributed by atoms with van der Waals surface area (Å²) in [6.45, 7) is 3.79. The highest BCUT2D eigenvalue weighted by Gasteiger charge is 2.23. The number of esters is 1. The molecule has 0 aliphatic rings. The Kier molecular flexibility index (Phi) is 6.18. The van der Waals surface area contributed by atoms with Gasteiger partial charge in [-0.15, -0.1) is 11.3 Å². The largest absolute Gasteiger partial charge is 0.462 e. The topological polar surface area (TPSA) is 77.4 Å². The molecule has 7 heteroatoms. The van der Waals surface area contributed by atoms with Gasteiger partial charge in [0.05, 0.1) is 6.61 Å². The van der Waals surface area contributed by atoms with Gasteiger partial charge in [0.2, 0.25) is 5.91 Å². The van der Waals surface area contributed by atoms with Crippen LogP contribution in [0.5, 0.6) is 0 Å². The number of nitrogens with one attached hydrogen (secondary N) is 1. The van der Waals surface area contributed by atoms with Crippen molar-refractivity contribution in [3.63, 3.8) is 0 Å². The highest BCUT2D eigenvalue weighted by molar-refractivity contribution is 7.15. The first kappa shape index (κ1) is 21.5. The lowest BCUT2D eigenvalue weighted by Crippen LogP contribution is -2.27. The van der Waals surface area contributed by atoms with Crippen LogP contribution in [0, 0.1) is 6.92 Å². The highest BCUT2D eigenvalue weighted by Crippen LogP contribution is 2.36. The molecule has 0 saturated carbocycles. The Labute approximate surface area is 189 Å². The van der Waals surface area contributed by atoms with Crippen LogP contribution in [0.15, 0.2) is 71.0 Å². The molecule has 0 radical (unpaired) electrons. The summed E-state index contributed by atoms with van der Waals surface area (Å²) < 4.78 is 6.60. The first-order valence-corrected chi connectivity index (χ1v) is 11.1. The lowest BCUT2D eigenvalue weighted by atomic mass is 10.0. The van der Waals surface area contributed by atoms with Crippen LogP contribution in [0.4, 0.5) is 5.00 Å². The quantitative estimate of drug-likeness (QED) is 0.430. The maximum absolute atomic E-state index is 12.8. The summed E-state index contributed by atoms with van der Waals surface area (Å²) in [6, 6.07) is 16.8. The number of thiophene rings is 1. The van der Waals surface area contributed by atoms with Crippen molar-refractivity contribution in [1.29, 1.82) is 0 Å². The van der Waals surface area contributed by atoms with Crippen LogP contribution in [-0.4, -0.2) is 23.1 Å². The van der Waals surface area contributed by atoms with Gasteiger partial charge in [-0.25, -0.2) is 4.79 Å². The van der Waals surface area contributed by atoms with E-state index >= 15 is 0 Å². The fourth-order valence-electron chi connectivity index (χ4n) is 3.48. The van der Waals surface area contributed by atoms with Crippen LogP contribution < -0.4 is 10.9 Å². The lowest BCUT2D eigenvalue weighted by Gasteiger charge is -2.10. The molecule has 6 nitrogen and oxygen atoms in total. The molecular formula is C25H22N2O4S. The Morgan fingerprint density at radius 3 is 2.56 bits per heavy atom. The van der Waals surface area contributed by atoms with Gasteiger partial charge < -0.3 is 14.6 Å². The average Bonchev–Trinajstić information content (AvgIpc) is 3.20. The number of benzene rings is 2. The van der Waals surface area contributed by atoms with Gasteiger partial charge in [0.1, 0.15) is 17.1 Å². The van der Waals surface area contributed by atoms with E-state index in [9.17, 15) is 14.4 Å². The van der Waals surface area contributed by atoms with E-state index in [1.807, 2.05) is 48.7 Å². The summed E-state index contributed by atoms with van der Waals surface area (Å²) >= 11 is 1.25. The summed E-state index contributed by atoms with van der Waals surface area (Å²) in [5, 5.41) is 6.39. The molecule has 2 heterocycles. The van der Waals surface area contributed by atoms with E-state index in [4.69, 9.17) is 4.74 Å². The van der Waals surface area contributed by atoms with E-state index in [0.717, 1.165) is 16.5 Å². The summed E-state index contributed by atoms with van der Waals surface area (Å²) in [6.07, 6.45) is 1.60. The number of pyridine rings is 1. The number of anilines is 1. The van der Waals surface area contributed by atoms with E-state index < -0.39 is 11.9 Å². The SMILES string of the molecule is CCOC(=O)c1c(-c2ccc(C)cc2)csc1NC(=O)Cn1ccc2ccccc2c1=O. The minimum absolute atomic E-state index is 0.163. The second-order valence-corrected chi connectivity index (χ2v) is 8.20. The van der Waals surface area contributed by atoms with Crippen molar-refractivity contribution >= 4 is 39.0 Å². The lowest BCUT2D eigenvalue weighted by molar-refractivity contribution is -0.116. The van der Waals surface area contributed by atoms with Crippen LogP contribution >= 0.6 is 11.3 Å². The molecule has 0 fully saturated rings. The molecule has 0 atom stereocenters. The predicted octanol–water partition coefficient (Wildman–Crippen LogP) is 4.85. The predicted molar refractivity (Wildman–Crippen MR) is 127 cm³/mol. The fraction of sp³-hybridized carbons (Fsp3) is 0.160. The maximum Gasteiger partial charge on any atom is 0.341 e. The molecule has 0 unspecified atom stereocenters. The first-order chi connectivity index (χ1) is 15.5. The van der Waals surface area contributed by atoms with Gasteiger partial charge in [0.15, 0.2) is 0 Å². The van der Waals surface area contributed by atoms with Crippen molar-refractivity contribution in [2.75, 3.05) is 11.9 Å². The van der Waals surface area contributed by atoms with Crippen molar-refractivity contribution in [3.8, 4) is 11.1 Å². The molecule has 0 aliphatic heterocycles. The van der Waals surface area contributed by atoms with Gasteiger partial charge in [-0.2, -0.15) is 0 Å². The molecule has 0 saturated heterocycles. The molecule has 0 bridgehead atoms. The van der Waals surface area contributed by atoms with Gasteiger partial charge in [-0.05, 0) is 36.9 Å². The Morgan fingerprint density at radius 2 is 1.81 bits per heavy atom. The molecule has 0 spiro atoms. The molecule has 4 rings (SSSR count). The van der Waals surface area contributed by atoms with E-state index in [1.54, 1.807) is 31.3 Å². The average molecular weight is 447 g/mol. The number of hydrogen-bond donors (Lipinski definition) is 1. The third-order valence-corrected chi connectivity index (χ3v) is 5.98. The number of aromatic nitrogens is 1. The third kappa shape index (κ3) is 4.33. The molecule has 2 aromatic carbocycles. The van der Waals surface area contributed by atoms with Crippen molar-refractivity contribution in [1.82, 2.24) is 4.57 Å². The van der Waals surface area contributed by atoms with Crippen LogP contribution in [0.2, 0.25) is 0 Å². The van der Waals surface area contributed by atoms with Gasteiger partial charge in [0, 0.05) is 22.5 Å². The Bertz CT molecular complexity index is 1350. The molecule has 1 amide bonds. The number of fused-ring (bicyclic) bond motifs is 1. The van der Waals surface area contributed by atoms with Crippen molar-refractivity contribution < 1.29 is 14.3 Å². The van der Waals surface area contributed by atoms with Crippen LogP contribution in [-0.2, 0) is 16.1 Å². The smallest absolute Gasteiger partial charge is 0.341 e. The molecule has 4 aromatic rings. The third-order valence-electron chi connectivity index (χ3n) is 5.09. The van der Waals surface area contributed by atoms with E-state index in [-0.39, 0.29) is 18.7 Å². The Morgan fingerprint density at radius 1 is 1.06 bits per heavy atom. The number of rotatable bonds is 6. The van der Waals surface area contributed by atoms with Crippen LogP contribution in [0.1, 0.15) is 22.8 Å². The van der Waals surface area contributed by atoms with E-state index in [0.29, 0.717) is 21.5 Å². The minimum atomic E-state index is -0.498. The first-order valence-electron chi connectivity index (χ1n) is 10.2. The molecule has 32 heavy (non-hydrogen) atoms. The van der Waals surface area contributed by atoms with Gasteiger partial charge in [0.25, 0.3) is 5.56 Å². The summed E-state index contributed by atoms with van der Waals surface area (Å²) in [7, 11) is 0. The Hall–Kier alpha value is -3.71. The number of carbonyl (C=O) groups excluding carboxylic acids is 2. The van der Waals surface area contributed by atoms with Crippen LogP contribution in [0.3, 0.4) is 0 Å². The normalized spacial score (nSPS) is 10.8. The standard InChI is InChI=1S/C25H22N2O4S/c1-3-31-25(30)22-20(18-10-8-16(2)9-11-18)15-32-23(22)26-21(28)14-27-13-12-17-6-4-5-7-19(17)24(27)29/h4-13,15H,3,14H2,1-2H3,(H,26,28). The summed E-state index contributed by atoms with van der Waals surface area (Å²) in [5.41, 5.74) is 2.75. The molecule has 2 aromatic heterocycles. The summed E-state index contributed by atoms with van der Waals surface area (Å²) in [4.78, 5) is 38.2. The number of aryl methyl sites for hydroxylation is 1. The van der Waals surface area contributed by atoms with E-state index in [1.165, 1.54) is 15.9 Å². The zero-order valence-electron chi connectivity index (χ0n) is 17.8. The molecule has 0 aliphatic carbocycles. The number of nitrogens with zero attached hydrogens (tertiary/aromatic N) is 1. The number of amides is 1. The maximum atomic E-state index is 12.8. The second kappa shape index (κ2) is 9.20. The number of carbonyl (C=O) groups is 2. The fourth-order valence-corrected chi connectivity index (χ4v) is 4.45. The molecule has 162 valence electrons. The molecule has 1 N–H and O–H groups in total. The highest BCUT2D eigenvalue weighted by atomic mass is 32.1. The van der Waals surface area contributed by atoms with Crippen molar-refractivity contribution in [2.24, 2.45) is 0 Å². The van der Waals surface area contributed by atoms with Crippen LogP contribution in [0.25, 0.3) is 21.9 Å². The van der Waals surface area contributed by atoms with Crippen molar-refractivity contribution in [3.05, 3.63) is 87.7 Å². The molecular weight excluding hydrogens is 424 g/mol. The number of ether oxygens (including phenoxy) is 1. The zero-order chi connectivity index (χ0) is 22.7.